The van der Waals surface area contributed by atoms with Gasteiger partial charge in [0.25, 0.3) is 0 Å². The van der Waals surface area contributed by atoms with Gasteiger partial charge in [-0.25, -0.2) is 0 Å². The highest BCUT2D eigenvalue weighted by Gasteiger charge is 1.97. The number of hydrogen-bond donors (Lipinski definition) is 1. The molecule has 1 nitrogen and oxygen atoms in total. The zero-order valence-electron chi connectivity index (χ0n) is 11.2. The molecule has 1 N–H and O–H groups in total. The van der Waals surface area contributed by atoms with E-state index in [0.717, 1.165) is 23.1 Å². The van der Waals surface area contributed by atoms with Gasteiger partial charge in [0.1, 0.15) is 5.75 Å². The average Bonchev–Trinajstić information content (AvgIpc) is 2.45. The van der Waals surface area contributed by atoms with E-state index in [0.29, 0.717) is 5.75 Å². The number of benzene rings is 2. The lowest BCUT2D eigenvalue weighted by atomic mass is 10.0. The minimum atomic E-state index is 0.294. The maximum atomic E-state index is 9.27. The highest BCUT2D eigenvalue weighted by atomic mass is 16.3. The molecule has 0 aliphatic carbocycles. The van der Waals surface area contributed by atoms with Crippen molar-refractivity contribution in [3.8, 4) is 28.7 Å². The van der Waals surface area contributed by atoms with Crippen molar-refractivity contribution in [2.24, 2.45) is 0 Å². The Morgan fingerprint density at radius 3 is 2.05 bits per heavy atom. The van der Waals surface area contributed by atoms with Crippen molar-refractivity contribution in [2.75, 3.05) is 0 Å². The second-order valence-electron chi connectivity index (χ2n) is 4.53. The smallest absolute Gasteiger partial charge is 0.115 e. The highest BCUT2D eigenvalue weighted by Crippen LogP contribution is 2.21. The van der Waals surface area contributed by atoms with Crippen molar-refractivity contribution in [3.05, 3.63) is 54.1 Å². The standard InChI is InChI=1S/C18H18O/c1-2-3-4-5-6-15-7-9-16(10-8-15)17-11-13-18(19)14-12-17/h7-14,19H,2-4H2,1H3. The van der Waals surface area contributed by atoms with E-state index >= 15 is 0 Å². The number of aromatic hydroxyl groups is 1. The molecule has 0 aromatic heterocycles. The molecular formula is C18H18O. The fourth-order valence-corrected chi connectivity index (χ4v) is 1.83. The van der Waals surface area contributed by atoms with E-state index in [9.17, 15) is 5.11 Å². The Hall–Kier alpha value is -2.20. The van der Waals surface area contributed by atoms with Crippen molar-refractivity contribution in [1.29, 1.82) is 0 Å². The quantitative estimate of drug-likeness (QED) is 0.623. The van der Waals surface area contributed by atoms with Crippen molar-refractivity contribution in [3.63, 3.8) is 0 Å². The van der Waals surface area contributed by atoms with Gasteiger partial charge in [-0.3, -0.25) is 0 Å². The summed E-state index contributed by atoms with van der Waals surface area (Å²) in [5.41, 5.74) is 3.29. The summed E-state index contributed by atoms with van der Waals surface area (Å²) >= 11 is 0. The second-order valence-corrected chi connectivity index (χ2v) is 4.53. The van der Waals surface area contributed by atoms with Gasteiger partial charge in [0, 0.05) is 12.0 Å². The molecule has 0 fully saturated rings. The van der Waals surface area contributed by atoms with Crippen LogP contribution in [0, 0.1) is 11.8 Å². The van der Waals surface area contributed by atoms with Crippen LogP contribution < -0.4 is 0 Å². The Balaban J connectivity index is 2.09. The Labute approximate surface area is 114 Å². The lowest BCUT2D eigenvalue weighted by Crippen LogP contribution is -1.79. The van der Waals surface area contributed by atoms with Gasteiger partial charge in [0.05, 0.1) is 0 Å². The van der Waals surface area contributed by atoms with Gasteiger partial charge in [-0.2, -0.15) is 0 Å². The van der Waals surface area contributed by atoms with Gasteiger partial charge >= 0.3 is 0 Å². The fourth-order valence-electron chi connectivity index (χ4n) is 1.83. The summed E-state index contributed by atoms with van der Waals surface area (Å²) in [6.45, 7) is 2.17. The first-order valence-corrected chi connectivity index (χ1v) is 6.68. The van der Waals surface area contributed by atoms with E-state index in [4.69, 9.17) is 0 Å². The minimum absolute atomic E-state index is 0.294. The number of unbranched alkanes of at least 4 members (excludes halogenated alkanes) is 2. The van der Waals surface area contributed by atoms with Gasteiger partial charge in [0.2, 0.25) is 0 Å². The molecule has 0 aliphatic rings. The predicted molar refractivity (Wildman–Crippen MR) is 79.9 cm³/mol. The molecule has 2 rings (SSSR count). The van der Waals surface area contributed by atoms with Crippen molar-refractivity contribution in [1.82, 2.24) is 0 Å². The van der Waals surface area contributed by atoms with Crippen LogP contribution in [0.5, 0.6) is 5.75 Å². The SMILES string of the molecule is CCCCC#Cc1ccc(-c2ccc(O)cc2)cc1. The fraction of sp³-hybridized carbons (Fsp3) is 0.222. The zero-order chi connectivity index (χ0) is 13.5. The van der Waals surface area contributed by atoms with Gasteiger partial charge in [-0.05, 0) is 41.8 Å². The molecule has 96 valence electrons. The lowest BCUT2D eigenvalue weighted by molar-refractivity contribution is 0.475. The first kappa shape index (κ1) is 13.2. The highest BCUT2D eigenvalue weighted by molar-refractivity contribution is 5.65. The van der Waals surface area contributed by atoms with E-state index < -0.39 is 0 Å². The molecule has 0 unspecified atom stereocenters. The van der Waals surface area contributed by atoms with Crippen LogP contribution >= 0.6 is 0 Å². The molecule has 0 bridgehead atoms. The van der Waals surface area contributed by atoms with Crippen LogP contribution in [0.1, 0.15) is 31.7 Å². The average molecular weight is 250 g/mol. The summed E-state index contributed by atoms with van der Waals surface area (Å²) in [5.74, 6) is 6.66. The van der Waals surface area contributed by atoms with Gasteiger partial charge in [-0.15, -0.1) is 0 Å². The Morgan fingerprint density at radius 1 is 0.895 bits per heavy atom. The predicted octanol–water partition coefficient (Wildman–Crippen LogP) is 4.60. The molecule has 0 aliphatic heterocycles. The third-order valence-electron chi connectivity index (χ3n) is 2.97. The largest absolute Gasteiger partial charge is 0.508 e. The summed E-state index contributed by atoms with van der Waals surface area (Å²) in [7, 11) is 0. The third kappa shape index (κ3) is 3.89. The molecule has 2 aromatic rings. The van der Waals surface area contributed by atoms with Gasteiger partial charge < -0.3 is 5.11 Å². The lowest BCUT2D eigenvalue weighted by Gasteiger charge is -2.01. The molecule has 2 aromatic carbocycles. The van der Waals surface area contributed by atoms with E-state index in [1.807, 2.05) is 24.3 Å². The Bertz CT molecular complexity index is 568. The Morgan fingerprint density at radius 2 is 1.47 bits per heavy atom. The van der Waals surface area contributed by atoms with E-state index in [2.05, 4.69) is 30.9 Å². The molecule has 0 heterocycles. The first-order chi connectivity index (χ1) is 9.29. The number of phenols is 1. The zero-order valence-corrected chi connectivity index (χ0v) is 11.2. The van der Waals surface area contributed by atoms with Gasteiger partial charge in [-0.1, -0.05) is 49.5 Å². The minimum Gasteiger partial charge on any atom is -0.508 e. The van der Waals surface area contributed by atoms with Crippen LogP contribution in [-0.4, -0.2) is 5.11 Å². The number of hydrogen-bond acceptors (Lipinski definition) is 1. The second kappa shape index (κ2) is 6.66. The monoisotopic (exact) mass is 250 g/mol. The normalized spacial score (nSPS) is 9.74. The topological polar surface area (TPSA) is 20.2 Å². The van der Waals surface area contributed by atoms with Crippen LogP contribution in [-0.2, 0) is 0 Å². The summed E-state index contributed by atoms with van der Waals surface area (Å²) in [4.78, 5) is 0. The number of phenolic OH excluding ortho intramolecular Hbond substituents is 1. The maximum absolute atomic E-state index is 9.27. The molecule has 0 atom stereocenters. The summed E-state index contributed by atoms with van der Waals surface area (Å²) < 4.78 is 0. The van der Waals surface area contributed by atoms with E-state index in [-0.39, 0.29) is 0 Å². The first-order valence-electron chi connectivity index (χ1n) is 6.68. The van der Waals surface area contributed by atoms with Crippen LogP contribution in [0.3, 0.4) is 0 Å². The molecule has 0 saturated heterocycles. The van der Waals surface area contributed by atoms with Gasteiger partial charge in [0.15, 0.2) is 0 Å². The van der Waals surface area contributed by atoms with Crippen LogP contribution in [0.15, 0.2) is 48.5 Å². The van der Waals surface area contributed by atoms with Crippen LogP contribution in [0.2, 0.25) is 0 Å². The van der Waals surface area contributed by atoms with Crippen LogP contribution in [0.25, 0.3) is 11.1 Å². The molecule has 0 spiro atoms. The summed E-state index contributed by atoms with van der Waals surface area (Å²) in [6, 6.07) is 15.4. The van der Waals surface area contributed by atoms with Crippen molar-refractivity contribution < 1.29 is 5.11 Å². The van der Waals surface area contributed by atoms with Crippen LogP contribution in [0.4, 0.5) is 0 Å². The summed E-state index contributed by atoms with van der Waals surface area (Å²) in [5, 5.41) is 9.27. The van der Waals surface area contributed by atoms with Crippen molar-refractivity contribution >= 4 is 0 Å². The molecular weight excluding hydrogens is 232 g/mol. The molecule has 0 radical (unpaired) electrons. The maximum Gasteiger partial charge on any atom is 0.115 e. The third-order valence-corrected chi connectivity index (χ3v) is 2.97. The van der Waals surface area contributed by atoms with Crippen molar-refractivity contribution in [2.45, 2.75) is 26.2 Å². The molecule has 0 amide bonds. The molecule has 0 saturated carbocycles. The van der Waals surface area contributed by atoms with E-state index in [1.165, 1.54) is 12.8 Å². The molecule has 1 heteroatoms. The number of rotatable bonds is 3. The summed E-state index contributed by atoms with van der Waals surface area (Å²) in [6.07, 6.45) is 3.32. The Kier molecular flexibility index (Phi) is 4.64. The molecule has 19 heavy (non-hydrogen) atoms. The van der Waals surface area contributed by atoms with E-state index in [1.54, 1.807) is 12.1 Å².